The average Bonchev–Trinajstić information content (AvgIpc) is 2.56. The van der Waals surface area contributed by atoms with Crippen LogP contribution in [0.3, 0.4) is 0 Å². The summed E-state index contributed by atoms with van der Waals surface area (Å²) >= 11 is 0. The molecule has 0 amide bonds. The molecule has 126 valence electrons. The Morgan fingerprint density at radius 3 is 1.82 bits per heavy atom. The van der Waals surface area contributed by atoms with Gasteiger partial charge in [0, 0.05) is 6.08 Å². The Morgan fingerprint density at radius 1 is 0.909 bits per heavy atom. The van der Waals surface area contributed by atoms with Crippen molar-refractivity contribution >= 4 is 5.97 Å². The van der Waals surface area contributed by atoms with E-state index in [-0.39, 0.29) is 12.1 Å². The highest BCUT2D eigenvalue weighted by Gasteiger charge is 2.25. The van der Waals surface area contributed by atoms with E-state index in [9.17, 15) is 4.79 Å². The van der Waals surface area contributed by atoms with E-state index in [4.69, 9.17) is 4.74 Å². The number of carbonyl (C=O) groups is 1. The molecular weight excluding hydrogens is 272 g/mol. The van der Waals surface area contributed by atoms with Gasteiger partial charge in [-0.15, -0.1) is 0 Å². The summed E-state index contributed by atoms with van der Waals surface area (Å²) in [5.41, 5.74) is 0. The van der Waals surface area contributed by atoms with E-state index in [0.717, 1.165) is 30.6 Å². The first kappa shape index (κ1) is 17.6. The summed E-state index contributed by atoms with van der Waals surface area (Å²) in [6.07, 6.45) is 17.5. The van der Waals surface area contributed by atoms with Crippen LogP contribution in [0.5, 0.6) is 0 Å². The van der Waals surface area contributed by atoms with Crippen molar-refractivity contribution in [2.45, 2.75) is 90.1 Å². The van der Waals surface area contributed by atoms with E-state index in [2.05, 4.69) is 13.5 Å². The smallest absolute Gasteiger partial charge is 0.330 e. The van der Waals surface area contributed by atoms with Gasteiger partial charge in [-0.05, 0) is 43.4 Å². The number of rotatable bonds is 7. The van der Waals surface area contributed by atoms with E-state index in [1.54, 1.807) is 0 Å². The molecule has 0 aromatic carbocycles. The van der Waals surface area contributed by atoms with Crippen molar-refractivity contribution in [2.75, 3.05) is 0 Å². The highest BCUT2D eigenvalue weighted by atomic mass is 16.5. The summed E-state index contributed by atoms with van der Waals surface area (Å²) in [6, 6.07) is 0. The second-order valence-corrected chi connectivity index (χ2v) is 7.54. The van der Waals surface area contributed by atoms with Gasteiger partial charge in [0.2, 0.25) is 0 Å². The highest BCUT2D eigenvalue weighted by Crippen LogP contribution is 2.36. The first-order chi connectivity index (χ1) is 10.7. The van der Waals surface area contributed by atoms with Crippen molar-refractivity contribution in [3.63, 3.8) is 0 Å². The lowest BCUT2D eigenvalue weighted by Crippen LogP contribution is -2.24. The van der Waals surface area contributed by atoms with Gasteiger partial charge in [-0.1, -0.05) is 64.9 Å². The fourth-order valence-corrected chi connectivity index (χ4v) is 4.44. The zero-order valence-corrected chi connectivity index (χ0v) is 14.4. The number of hydrogen-bond acceptors (Lipinski definition) is 2. The number of ether oxygens (including phenoxy) is 1. The van der Waals surface area contributed by atoms with Crippen LogP contribution >= 0.6 is 0 Å². The monoisotopic (exact) mass is 306 g/mol. The molecule has 2 rings (SSSR count). The normalized spacial score (nSPS) is 32.4. The quantitative estimate of drug-likeness (QED) is 0.448. The lowest BCUT2D eigenvalue weighted by Gasteiger charge is -2.31. The molecule has 0 unspecified atom stereocenters. The topological polar surface area (TPSA) is 26.3 Å². The van der Waals surface area contributed by atoms with Crippen LogP contribution in [0.1, 0.15) is 84.0 Å². The average molecular weight is 306 g/mol. The van der Waals surface area contributed by atoms with Gasteiger partial charge >= 0.3 is 5.97 Å². The molecule has 0 saturated heterocycles. The molecule has 2 nitrogen and oxygen atoms in total. The molecule has 2 saturated carbocycles. The van der Waals surface area contributed by atoms with E-state index in [1.165, 1.54) is 70.3 Å². The molecule has 0 N–H and O–H groups in total. The second-order valence-electron chi connectivity index (χ2n) is 7.54. The predicted octanol–water partition coefficient (Wildman–Crippen LogP) is 5.66. The van der Waals surface area contributed by atoms with Gasteiger partial charge in [0.15, 0.2) is 0 Å². The van der Waals surface area contributed by atoms with Gasteiger partial charge in [-0.25, -0.2) is 4.79 Å². The molecule has 22 heavy (non-hydrogen) atoms. The largest absolute Gasteiger partial charge is 0.459 e. The molecular formula is C20H34O2. The second kappa shape index (κ2) is 9.37. The van der Waals surface area contributed by atoms with Crippen LogP contribution in [0.2, 0.25) is 0 Å². The SMILES string of the molecule is C=CC(=O)OC1CCC(CCC2CCC(CCC)CC2)CC1. The maximum atomic E-state index is 11.2. The van der Waals surface area contributed by atoms with Crippen LogP contribution in [0.25, 0.3) is 0 Å². The molecule has 0 aromatic rings. The van der Waals surface area contributed by atoms with Crippen LogP contribution in [0.15, 0.2) is 12.7 Å². The molecule has 0 bridgehead atoms. The summed E-state index contributed by atoms with van der Waals surface area (Å²) in [4.78, 5) is 11.2. The predicted molar refractivity (Wildman–Crippen MR) is 91.6 cm³/mol. The third-order valence-corrected chi connectivity index (χ3v) is 5.89. The molecule has 0 aliphatic heterocycles. The minimum absolute atomic E-state index is 0.145. The molecule has 2 heteroatoms. The van der Waals surface area contributed by atoms with Gasteiger partial charge in [0.1, 0.15) is 6.10 Å². The van der Waals surface area contributed by atoms with Gasteiger partial charge < -0.3 is 4.74 Å². The minimum Gasteiger partial charge on any atom is -0.459 e. The first-order valence-electron chi connectivity index (χ1n) is 9.54. The standard InChI is InChI=1S/C20H34O2/c1-3-5-16-6-8-17(9-7-16)10-11-18-12-14-19(15-13-18)22-20(21)4-2/h4,16-19H,2-3,5-15H2,1H3. The Labute approximate surface area is 136 Å². The fraction of sp³-hybridized carbons (Fsp3) is 0.850. The lowest BCUT2D eigenvalue weighted by molar-refractivity contribution is -0.144. The molecule has 2 aliphatic carbocycles. The van der Waals surface area contributed by atoms with Gasteiger partial charge in [-0.3, -0.25) is 0 Å². The van der Waals surface area contributed by atoms with E-state index in [1.807, 2.05) is 0 Å². The van der Waals surface area contributed by atoms with Crippen molar-refractivity contribution < 1.29 is 9.53 Å². The Hall–Kier alpha value is -0.790. The molecule has 0 atom stereocenters. The molecule has 0 aromatic heterocycles. The Balaban J connectivity index is 1.57. The number of esters is 1. The number of carbonyl (C=O) groups excluding carboxylic acids is 1. The van der Waals surface area contributed by atoms with Crippen molar-refractivity contribution in [1.29, 1.82) is 0 Å². The summed E-state index contributed by atoms with van der Waals surface area (Å²) < 4.78 is 5.36. The Morgan fingerprint density at radius 2 is 1.36 bits per heavy atom. The van der Waals surface area contributed by atoms with Crippen LogP contribution in [-0.2, 0) is 9.53 Å². The minimum atomic E-state index is -0.257. The van der Waals surface area contributed by atoms with Crippen molar-refractivity contribution in [2.24, 2.45) is 17.8 Å². The zero-order chi connectivity index (χ0) is 15.8. The van der Waals surface area contributed by atoms with Gasteiger partial charge in [0.25, 0.3) is 0 Å². The van der Waals surface area contributed by atoms with E-state index >= 15 is 0 Å². The van der Waals surface area contributed by atoms with Crippen LogP contribution in [0, 0.1) is 17.8 Å². The summed E-state index contributed by atoms with van der Waals surface area (Å²) in [7, 11) is 0. The van der Waals surface area contributed by atoms with Crippen molar-refractivity contribution in [3.8, 4) is 0 Å². The number of hydrogen-bond donors (Lipinski definition) is 0. The van der Waals surface area contributed by atoms with E-state index in [0.29, 0.717) is 0 Å². The maximum absolute atomic E-state index is 11.2. The van der Waals surface area contributed by atoms with Crippen LogP contribution < -0.4 is 0 Å². The third kappa shape index (κ3) is 5.78. The zero-order valence-electron chi connectivity index (χ0n) is 14.4. The summed E-state index contributed by atoms with van der Waals surface area (Å²) in [6.45, 7) is 5.78. The van der Waals surface area contributed by atoms with Gasteiger partial charge in [0.05, 0.1) is 0 Å². The molecule has 0 radical (unpaired) electrons. The van der Waals surface area contributed by atoms with E-state index < -0.39 is 0 Å². The molecule has 0 heterocycles. The first-order valence-corrected chi connectivity index (χ1v) is 9.54. The van der Waals surface area contributed by atoms with Crippen molar-refractivity contribution in [1.82, 2.24) is 0 Å². The fourth-order valence-electron chi connectivity index (χ4n) is 4.44. The molecule has 2 aliphatic rings. The molecule has 2 fully saturated rings. The lowest BCUT2D eigenvalue weighted by atomic mass is 9.76. The van der Waals surface area contributed by atoms with Crippen LogP contribution in [-0.4, -0.2) is 12.1 Å². The Kier molecular flexibility index (Phi) is 7.48. The van der Waals surface area contributed by atoms with Crippen molar-refractivity contribution in [3.05, 3.63) is 12.7 Å². The maximum Gasteiger partial charge on any atom is 0.330 e. The Bertz CT molecular complexity index is 334. The highest BCUT2D eigenvalue weighted by molar-refractivity contribution is 5.81. The van der Waals surface area contributed by atoms with Gasteiger partial charge in [-0.2, -0.15) is 0 Å². The summed E-state index contributed by atoms with van der Waals surface area (Å²) in [5, 5.41) is 0. The molecule has 0 spiro atoms. The summed E-state index contributed by atoms with van der Waals surface area (Å²) in [5.74, 6) is 2.62. The van der Waals surface area contributed by atoms with Crippen LogP contribution in [0.4, 0.5) is 0 Å². The third-order valence-electron chi connectivity index (χ3n) is 5.89.